The van der Waals surface area contributed by atoms with E-state index in [9.17, 15) is 0 Å². The molecule has 1 aliphatic carbocycles. The number of thioether (sulfide) groups is 1. The van der Waals surface area contributed by atoms with Crippen molar-refractivity contribution in [3.05, 3.63) is 16.1 Å². The van der Waals surface area contributed by atoms with Crippen LogP contribution in [0.1, 0.15) is 49.7 Å². The number of nitrogens with zero attached hydrogens (tertiary/aromatic N) is 1. The Hall–Kier alpha value is -0.0600. The van der Waals surface area contributed by atoms with E-state index >= 15 is 0 Å². The summed E-state index contributed by atoms with van der Waals surface area (Å²) in [5.74, 6) is 1.11. The van der Waals surface area contributed by atoms with Gasteiger partial charge < -0.3 is 5.32 Å². The molecule has 2 nitrogen and oxygen atoms in total. The van der Waals surface area contributed by atoms with Gasteiger partial charge in [-0.3, -0.25) is 0 Å². The first kappa shape index (κ1) is 13.4. The van der Waals surface area contributed by atoms with Crippen LogP contribution in [0, 0.1) is 0 Å². The average Bonchev–Trinajstić information content (AvgIpc) is 2.83. The maximum Gasteiger partial charge on any atom is 0.103 e. The predicted octanol–water partition coefficient (Wildman–Crippen LogP) is 3.82. The summed E-state index contributed by atoms with van der Waals surface area (Å²) in [6.45, 7) is 4.07. The summed E-state index contributed by atoms with van der Waals surface area (Å²) in [7, 11) is 0. The highest BCUT2D eigenvalue weighted by molar-refractivity contribution is 7.99. The zero-order chi connectivity index (χ0) is 11.9. The third kappa shape index (κ3) is 4.60. The van der Waals surface area contributed by atoms with E-state index in [-0.39, 0.29) is 0 Å². The minimum atomic E-state index is 0.893. The highest BCUT2D eigenvalue weighted by Gasteiger charge is 2.14. The van der Waals surface area contributed by atoms with Crippen molar-refractivity contribution >= 4 is 23.1 Å². The van der Waals surface area contributed by atoms with Gasteiger partial charge in [0.25, 0.3) is 0 Å². The maximum absolute atomic E-state index is 4.67. The van der Waals surface area contributed by atoms with Crippen LogP contribution in [0.2, 0.25) is 0 Å². The van der Waals surface area contributed by atoms with Gasteiger partial charge in [0.2, 0.25) is 0 Å². The first-order valence-electron chi connectivity index (χ1n) is 6.64. The number of rotatable bonds is 6. The van der Waals surface area contributed by atoms with Gasteiger partial charge in [0.05, 0.1) is 5.69 Å². The molecule has 1 aromatic heterocycles. The second-order valence-corrected chi connectivity index (χ2v) is 6.82. The Labute approximate surface area is 113 Å². The van der Waals surface area contributed by atoms with Gasteiger partial charge in [0.1, 0.15) is 5.01 Å². The molecule has 1 saturated carbocycles. The van der Waals surface area contributed by atoms with E-state index in [4.69, 9.17) is 0 Å². The molecule has 0 spiro atoms. The fourth-order valence-corrected chi connectivity index (χ4v) is 4.33. The standard InChI is InChI=1S/C13H22N2S2/c1-2-14-8-11-9-17-13(15-11)10-16-12-6-4-3-5-7-12/h9,12,14H,2-8,10H2,1H3. The van der Waals surface area contributed by atoms with Crippen LogP contribution in [0.3, 0.4) is 0 Å². The van der Waals surface area contributed by atoms with Crippen molar-refractivity contribution in [3.63, 3.8) is 0 Å². The van der Waals surface area contributed by atoms with E-state index in [1.807, 2.05) is 11.3 Å². The lowest BCUT2D eigenvalue weighted by atomic mass is 10.0. The van der Waals surface area contributed by atoms with Crippen molar-refractivity contribution in [2.24, 2.45) is 0 Å². The van der Waals surface area contributed by atoms with Gasteiger partial charge in [-0.05, 0) is 19.4 Å². The Morgan fingerprint density at radius 2 is 2.24 bits per heavy atom. The third-order valence-electron chi connectivity index (χ3n) is 3.15. The van der Waals surface area contributed by atoms with Crippen molar-refractivity contribution in [1.29, 1.82) is 0 Å². The molecule has 0 saturated heterocycles. The van der Waals surface area contributed by atoms with Gasteiger partial charge >= 0.3 is 0 Å². The summed E-state index contributed by atoms with van der Waals surface area (Å²) >= 11 is 3.93. The molecule has 1 fully saturated rings. The van der Waals surface area contributed by atoms with E-state index in [0.717, 1.165) is 24.1 Å². The second-order valence-electron chi connectivity index (χ2n) is 4.58. The molecule has 0 aliphatic heterocycles. The summed E-state index contributed by atoms with van der Waals surface area (Å²) in [6.07, 6.45) is 7.14. The van der Waals surface area contributed by atoms with Gasteiger partial charge in [0, 0.05) is 22.9 Å². The lowest BCUT2D eigenvalue weighted by molar-refractivity contribution is 0.516. The highest BCUT2D eigenvalue weighted by atomic mass is 32.2. The first-order chi connectivity index (χ1) is 8.38. The molecule has 0 unspecified atom stereocenters. The number of aromatic nitrogens is 1. The maximum atomic E-state index is 4.67. The van der Waals surface area contributed by atoms with Crippen LogP contribution in [0.5, 0.6) is 0 Å². The average molecular weight is 270 g/mol. The largest absolute Gasteiger partial charge is 0.311 e. The number of nitrogens with one attached hydrogen (secondary N) is 1. The smallest absolute Gasteiger partial charge is 0.103 e. The molecule has 0 bridgehead atoms. The van der Waals surface area contributed by atoms with Crippen LogP contribution >= 0.6 is 23.1 Å². The first-order valence-corrected chi connectivity index (χ1v) is 8.57. The lowest BCUT2D eigenvalue weighted by Gasteiger charge is -2.20. The summed E-state index contributed by atoms with van der Waals surface area (Å²) in [6, 6.07) is 0. The molecule has 0 atom stereocenters. The fraction of sp³-hybridized carbons (Fsp3) is 0.769. The van der Waals surface area contributed by atoms with E-state index in [2.05, 4.69) is 34.4 Å². The van der Waals surface area contributed by atoms with Gasteiger partial charge in [0.15, 0.2) is 0 Å². The molecular weight excluding hydrogens is 248 g/mol. The van der Waals surface area contributed by atoms with Crippen molar-refractivity contribution < 1.29 is 0 Å². The van der Waals surface area contributed by atoms with Crippen molar-refractivity contribution in [1.82, 2.24) is 10.3 Å². The van der Waals surface area contributed by atoms with Crippen LogP contribution in [-0.4, -0.2) is 16.8 Å². The third-order valence-corrected chi connectivity index (χ3v) is 5.61. The topological polar surface area (TPSA) is 24.9 Å². The van der Waals surface area contributed by atoms with Gasteiger partial charge in [-0.25, -0.2) is 4.98 Å². The molecule has 0 amide bonds. The summed E-state index contributed by atoms with van der Waals surface area (Å²) in [5.41, 5.74) is 1.20. The monoisotopic (exact) mass is 270 g/mol. The summed E-state index contributed by atoms with van der Waals surface area (Å²) in [4.78, 5) is 4.67. The fourth-order valence-electron chi connectivity index (χ4n) is 2.17. The Kier molecular flexibility index (Phi) is 5.81. The number of hydrogen-bond donors (Lipinski definition) is 1. The molecule has 1 aromatic rings. The minimum Gasteiger partial charge on any atom is -0.311 e. The van der Waals surface area contributed by atoms with Crippen LogP contribution in [-0.2, 0) is 12.3 Å². The van der Waals surface area contributed by atoms with Crippen molar-refractivity contribution in [2.75, 3.05) is 6.54 Å². The van der Waals surface area contributed by atoms with Crippen molar-refractivity contribution in [2.45, 2.75) is 56.6 Å². The molecule has 1 N–H and O–H groups in total. The molecule has 96 valence electrons. The molecule has 17 heavy (non-hydrogen) atoms. The Morgan fingerprint density at radius 3 is 3.00 bits per heavy atom. The Balaban J connectivity index is 1.72. The van der Waals surface area contributed by atoms with Gasteiger partial charge in [-0.15, -0.1) is 11.3 Å². The van der Waals surface area contributed by atoms with E-state index < -0.39 is 0 Å². The van der Waals surface area contributed by atoms with Crippen LogP contribution in [0.15, 0.2) is 5.38 Å². The molecule has 0 radical (unpaired) electrons. The van der Waals surface area contributed by atoms with Crippen LogP contribution < -0.4 is 5.32 Å². The number of thiazole rings is 1. The molecule has 2 rings (SSSR count). The number of hydrogen-bond acceptors (Lipinski definition) is 4. The van der Waals surface area contributed by atoms with Gasteiger partial charge in [-0.2, -0.15) is 11.8 Å². The van der Waals surface area contributed by atoms with E-state index in [1.165, 1.54) is 42.8 Å². The lowest BCUT2D eigenvalue weighted by Crippen LogP contribution is -2.12. The van der Waals surface area contributed by atoms with E-state index in [1.54, 1.807) is 0 Å². The Bertz CT molecular complexity index is 319. The zero-order valence-corrected chi connectivity index (χ0v) is 12.2. The molecular formula is C13H22N2S2. The summed E-state index contributed by atoms with van der Waals surface area (Å²) in [5, 5.41) is 7.71. The zero-order valence-electron chi connectivity index (χ0n) is 10.6. The second kappa shape index (κ2) is 7.39. The molecule has 0 aromatic carbocycles. The SMILES string of the molecule is CCNCc1csc(CSC2CCCCC2)n1. The predicted molar refractivity (Wildman–Crippen MR) is 77.7 cm³/mol. The highest BCUT2D eigenvalue weighted by Crippen LogP contribution is 2.31. The minimum absolute atomic E-state index is 0.893. The van der Waals surface area contributed by atoms with E-state index in [0.29, 0.717) is 0 Å². The molecule has 4 heteroatoms. The van der Waals surface area contributed by atoms with Crippen molar-refractivity contribution in [3.8, 4) is 0 Å². The van der Waals surface area contributed by atoms with Crippen LogP contribution in [0.25, 0.3) is 0 Å². The molecule has 1 aliphatic rings. The Morgan fingerprint density at radius 1 is 1.41 bits per heavy atom. The quantitative estimate of drug-likeness (QED) is 0.850. The van der Waals surface area contributed by atoms with Crippen LogP contribution in [0.4, 0.5) is 0 Å². The summed E-state index contributed by atoms with van der Waals surface area (Å²) < 4.78 is 0. The van der Waals surface area contributed by atoms with Gasteiger partial charge in [-0.1, -0.05) is 26.2 Å². The molecule has 1 heterocycles. The normalized spacial score (nSPS) is 17.5.